The third kappa shape index (κ3) is 1.61. The molecule has 2 N–H and O–H groups in total. The molecular weight excluding hydrogens is 254 g/mol. The predicted molar refractivity (Wildman–Crippen MR) is 76.7 cm³/mol. The molecule has 0 saturated carbocycles. The van der Waals surface area contributed by atoms with Gasteiger partial charge >= 0.3 is 0 Å². The molecule has 0 aliphatic carbocycles. The van der Waals surface area contributed by atoms with Crippen LogP contribution in [0.1, 0.15) is 25.3 Å². The zero-order chi connectivity index (χ0) is 13.7. The van der Waals surface area contributed by atoms with Crippen LogP contribution in [-0.4, -0.2) is 45.7 Å². The minimum atomic E-state index is 0.391. The maximum Gasteiger partial charge on any atom is 0.215 e. The quantitative estimate of drug-likeness (QED) is 0.896. The first-order chi connectivity index (χ1) is 9.78. The fraction of sp³-hybridized carbons (Fsp3) is 0.571. The lowest BCUT2D eigenvalue weighted by molar-refractivity contribution is 0.293. The first-order valence-corrected chi connectivity index (χ1v) is 7.20. The van der Waals surface area contributed by atoms with Gasteiger partial charge in [-0.1, -0.05) is 0 Å². The summed E-state index contributed by atoms with van der Waals surface area (Å²) in [5.41, 5.74) is 7.85. The minimum Gasteiger partial charge on any atom is -0.481 e. The Morgan fingerprint density at radius 3 is 2.95 bits per heavy atom. The van der Waals surface area contributed by atoms with Crippen molar-refractivity contribution >= 4 is 17.1 Å². The smallest absolute Gasteiger partial charge is 0.215 e. The van der Waals surface area contributed by atoms with Crippen molar-refractivity contribution in [2.24, 2.45) is 0 Å². The molecule has 2 aromatic heterocycles. The van der Waals surface area contributed by atoms with Crippen molar-refractivity contribution in [3.63, 3.8) is 0 Å². The van der Waals surface area contributed by atoms with Crippen molar-refractivity contribution in [1.82, 2.24) is 19.4 Å². The van der Waals surface area contributed by atoms with Gasteiger partial charge in [-0.15, -0.1) is 0 Å². The van der Waals surface area contributed by atoms with E-state index < -0.39 is 0 Å². The number of rotatable bonds is 2. The summed E-state index contributed by atoms with van der Waals surface area (Å²) in [6, 6.07) is 4.73. The summed E-state index contributed by atoms with van der Waals surface area (Å²) in [4.78, 5) is 11.6. The molecule has 2 unspecified atom stereocenters. The number of nitrogens with zero attached hydrogens (tertiary/aromatic N) is 4. The van der Waals surface area contributed by atoms with Crippen LogP contribution >= 0.6 is 0 Å². The highest BCUT2D eigenvalue weighted by atomic mass is 16.5. The van der Waals surface area contributed by atoms with Crippen LogP contribution in [0.3, 0.4) is 0 Å². The van der Waals surface area contributed by atoms with Crippen molar-refractivity contribution in [1.29, 1.82) is 0 Å². The van der Waals surface area contributed by atoms with Crippen LogP contribution in [0, 0.1) is 0 Å². The van der Waals surface area contributed by atoms with Gasteiger partial charge in [0.05, 0.1) is 13.2 Å². The van der Waals surface area contributed by atoms with E-state index in [4.69, 9.17) is 10.5 Å². The molecule has 0 amide bonds. The second-order valence-electron chi connectivity index (χ2n) is 5.64. The van der Waals surface area contributed by atoms with Crippen molar-refractivity contribution in [2.45, 2.75) is 31.3 Å². The molecule has 106 valence electrons. The first-order valence-electron chi connectivity index (χ1n) is 7.20. The summed E-state index contributed by atoms with van der Waals surface area (Å²) < 4.78 is 7.35. The molecule has 0 bridgehead atoms. The summed E-state index contributed by atoms with van der Waals surface area (Å²) >= 11 is 0. The Morgan fingerprint density at radius 2 is 2.10 bits per heavy atom. The maximum absolute atomic E-state index is 6.16. The number of methoxy groups -OCH3 is 1. The average Bonchev–Trinajstić information content (AvgIpc) is 3.11. The Hall–Kier alpha value is -1.82. The number of nitrogens with two attached hydrogens (primary N) is 1. The highest BCUT2D eigenvalue weighted by Gasteiger charge is 2.39. The zero-order valence-electron chi connectivity index (χ0n) is 11.6. The third-order valence-corrected chi connectivity index (χ3v) is 4.65. The summed E-state index contributed by atoms with van der Waals surface area (Å²) in [5, 5.41) is 0. The lowest BCUT2D eigenvalue weighted by Crippen LogP contribution is -2.28. The van der Waals surface area contributed by atoms with E-state index in [1.807, 2.05) is 12.1 Å². The number of hydrogen-bond acceptors (Lipinski definition) is 5. The molecule has 0 spiro atoms. The molecule has 2 aliphatic rings. The Morgan fingerprint density at radius 1 is 1.20 bits per heavy atom. The predicted octanol–water partition coefficient (Wildman–Crippen LogP) is 1.43. The van der Waals surface area contributed by atoms with Crippen LogP contribution in [0.15, 0.2) is 12.1 Å². The molecule has 4 heterocycles. The van der Waals surface area contributed by atoms with Gasteiger partial charge < -0.3 is 10.5 Å². The lowest BCUT2D eigenvalue weighted by Gasteiger charge is -2.22. The van der Waals surface area contributed by atoms with Gasteiger partial charge in [-0.2, -0.15) is 4.98 Å². The summed E-state index contributed by atoms with van der Waals surface area (Å²) in [5.74, 6) is 1.18. The molecule has 4 rings (SSSR count). The molecular formula is C14H19N5O. The number of aromatic nitrogens is 3. The Labute approximate surface area is 117 Å². The standard InChI is InChI=1S/C14H19N5O/c1-20-12-5-4-9-13(17-12)19(14(15)16-9)11-6-8-18-7-2-3-10(11)18/h4-5,10-11H,2-3,6-8H2,1H3,(H2,15,16). The van der Waals surface area contributed by atoms with E-state index in [1.165, 1.54) is 19.4 Å². The molecule has 0 radical (unpaired) electrons. The Balaban J connectivity index is 1.84. The summed E-state index contributed by atoms with van der Waals surface area (Å²) in [7, 11) is 1.63. The monoisotopic (exact) mass is 273 g/mol. The molecule has 2 aromatic rings. The maximum atomic E-state index is 6.16. The molecule has 6 heteroatoms. The minimum absolute atomic E-state index is 0.391. The second kappa shape index (κ2) is 4.34. The summed E-state index contributed by atoms with van der Waals surface area (Å²) in [6.45, 7) is 2.36. The van der Waals surface area contributed by atoms with Crippen molar-refractivity contribution in [3.8, 4) is 5.88 Å². The van der Waals surface area contributed by atoms with Gasteiger partial charge in [0.25, 0.3) is 0 Å². The van der Waals surface area contributed by atoms with E-state index in [-0.39, 0.29) is 0 Å². The van der Waals surface area contributed by atoms with Gasteiger partial charge in [0, 0.05) is 18.7 Å². The number of anilines is 1. The fourth-order valence-corrected chi connectivity index (χ4v) is 3.77. The van der Waals surface area contributed by atoms with Gasteiger partial charge in [0.15, 0.2) is 5.65 Å². The molecule has 6 nitrogen and oxygen atoms in total. The van der Waals surface area contributed by atoms with E-state index >= 15 is 0 Å². The van der Waals surface area contributed by atoms with Crippen LogP contribution < -0.4 is 10.5 Å². The van der Waals surface area contributed by atoms with Gasteiger partial charge in [0.2, 0.25) is 11.8 Å². The molecule has 20 heavy (non-hydrogen) atoms. The highest BCUT2D eigenvalue weighted by molar-refractivity contribution is 5.75. The van der Waals surface area contributed by atoms with Crippen LogP contribution in [0.4, 0.5) is 5.95 Å². The van der Waals surface area contributed by atoms with E-state index in [0.717, 1.165) is 24.1 Å². The van der Waals surface area contributed by atoms with Crippen molar-refractivity contribution in [3.05, 3.63) is 12.1 Å². The second-order valence-corrected chi connectivity index (χ2v) is 5.64. The SMILES string of the molecule is COc1ccc2nc(N)n(C3CCN4CCCC34)c2n1. The highest BCUT2D eigenvalue weighted by Crippen LogP contribution is 2.38. The van der Waals surface area contributed by atoms with Crippen LogP contribution in [-0.2, 0) is 0 Å². The van der Waals surface area contributed by atoms with Gasteiger partial charge in [-0.05, 0) is 31.9 Å². The van der Waals surface area contributed by atoms with Crippen LogP contribution in [0.5, 0.6) is 5.88 Å². The number of nitrogen functional groups attached to an aromatic ring is 1. The normalized spacial score (nSPS) is 26.2. The fourth-order valence-electron chi connectivity index (χ4n) is 3.77. The number of fused-ring (bicyclic) bond motifs is 2. The van der Waals surface area contributed by atoms with Gasteiger partial charge in [0.1, 0.15) is 5.52 Å². The van der Waals surface area contributed by atoms with Gasteiger partial charge in [-0.25, -0.2) is 4.98 Å². The van der Waals surface area contributed by atoms with Crippen molar-refractivity contribution in [2.75, 3.05) is 25.9 Å². The molecule has 2 aliphatic heterocycles. The van der Waals surface area contributed by atoms with E-state index in [2.05, 4.69) is 19.4 Å². The zero-order valence-corrected chi connectivity index (χ0v) is 11.6. The lowest BCUT2D eigenvalue weighted by atomic mass is 10.1. The number of pyridine rings is 1. The molecule has 2 fully saturated rings. The van der Waals surface area contributed by atoms with Crippen LogP contribution in [0.25, 0.3) is 11.2 Å². The van der Waals surface area contributed by atoms with E-state index in [0.29, 0.717) is 23.9 Å². The topological polar surface area (TPSA) is 69.2 Å². The van der Waals surface area contributed by atoms with E-state index in [1.54, 1.807) is 7.11 Å². The number of imidazole rings is 1. The first kappa shape index (κ1) is 12.0. The van der Waals surface area contributed by atoms with Crippen LogP contribution in [0.2, 0.25) is 0 Å². The average molecular weight is 273 g/mol. The summed E-state index contributed by atoms with van der Waals surface area (Å²) in [6.07, 6.45) is 3.65. The Kier molecular flexibility index (Phi) is 2.60. The number of hydrogen-bond donors (Lipinski definition) is 1. The van der Waals surface area contributed by atoms with Crippen molar-refractivity contribution < 1.29 is 4.74 Å². The number of ether oxygens (including phenoxy) is 1. The Bertz CT molecular complexity index is 652. The van der Waals surface area contributed by atoms with Gasteiger partial charge in [-0.3, -0.25) is 9.47 Å². The molecule has 2 saturated heterocycles. The largest absolute Gasteiger partial charge is 0.481 e. The third-order valence-electron chi connectivity index (χ3n) is 4.65. The van der Waals surface area contributed by atoms with E-state index in [9.17, 15) is 0 Å². The molecule has 0 aromatic carbocycles. The molecule has 2 atom stereocenters.